The maximum atomic E-state index is 12.0. The quantitative estimate of drug-likeness (QED) is 0.793. The largest absolute Gasteiger partial charge is 0.356 e. The highest BCUT2D eigenvalue weighted by molar-refractivity contribution is 9.10. The summed E-state index contributed by atoms with van der Waals surface area (Å²) in [6, 6.07) is 7.53. The fourth-order valence-electron chi connectivity index (χ4n) is 2.23. The number of nitrogens with one attached hydrogen (secondary N) is 1. The number of anilines is 1. The van der Waals surface area contributed by atoms with E-state index in [9.17, 15) is 9.59 Å². The molecule has 0 saturated carbocycles. The zero-order valence-corrected chi connectivity index (χ0v) is 12.7. The lowest BCUT2D eigenvalue weighted by Gasteiger charge is -2.17. The maximum absolute atomic E-state index is 12.0. The molecule has 2 amide bonds. The van der Waals surface area contributed by atoms with Crippen molar-refractivity contribution in [3.8, 4) is 0 Å². The minimum atomic E-state index is -0.278. The van der Waals surface area contributed by atoms with Crippen molar-refractivity contribution in [2.45, 2.75) is 12.8 Å². The average Bonchev–Trinajstić information content (AvgIpc) is 2.81. The van der Waals surface area contributed by atoms with Crippen molar-refractivity contribution >= 4 is 33.4 Å². The molecule has 1 aliphatic heterocycles. The van der Waals surface area contributed by atoms with E-state index in [1.807, 2.05) is 24.3 Å². The van der Waals surface area contributed by atoms with Crippen LogP contribution in [0.5, 0.6) is 0 Å². The van der Waals surface area contributed by atoms with Gasteiger partial charge in [-0.05, 0) is 31.2 Å². The molecule has 108 valence electrons. The highest BCUT2D eigenvalue weighted by Gasteiger charge is 2.34. The summed E-state index contributed by atoms with van der Waals surface area (Å²) in [5, 5.41) is 2.82. The van der Waals surface area contributed by atoms with Gasteiger partial charge in [-0.25, -0.2) is 0 Å². The van der Waals surface area contributed by atoms with Crippen LogP contribution in [0.15, 0.2) is 28.7 Å². The third-order valence-corrected chi connectivity index (χ3v) is 3.79. The summed E-state index contributed by atoms with van der Waals surface area (Å²) in [6.07, 6.45) is 1.02. The third kappa shape index (κ3) is 3.58. The average molecular weight is 340 g/mol. The fraction of sp³-hybridized carbons (Fsp3) is 0.429. The smallest absolute Gasteiger partial charge is 0.227 e. The van der Waals surface area contributed by atoms with E-state index in [0.29, 0.717) is 19.6 Å². The van der Waals surface area contributed by atoms with Gasteiger partial charge in [-0.2, -0.15) is 0 Å². The Hall–Kier alpha value is -1.40. The molecule has 1 heterocycles. The first-order valence-corrected chi connectivity index (χ1v) is 7.45. The standard InChI is InChI=1S/C14H18BrN3O2/c15-11-3-1-4-12(8-11)18-9-10(7-13(18)19)14(20)17-6-2-5-16/h1,3-4,8,10H,2,5-7,9,16H2,(H,17,20). The van der Waals surface area contributed by atoms with Crippen molar-refractivity contribution < 1.29 is 9.59 Å². The van der Waals surface area contributed by atoms with Gasteiger partial charge in [0.15, 0.2) is 0 Å². The number of halogens is 1. The first-order chi connectivity index (χ1) is 9.61. The molecular formula is C14H18BrN3O2. The Bertz CT molecular complexity index is 507. The monoisotopic (exact) mass is 339 g/mol. The highest BCUT2D eigenvalue weighted by atomic mass is 79.9. The van der Waals surface area contributed by atoms with E-state index in [2.05, 4.69) is 21.2 Å². The molecule has 1 unspecified atom stereocenters. The van der Waals surface area contributed by atoms with Crippen LogP contribution in [0.4, 0.5) is 5.69 Å². The van der Waals surface area contributed by atoms with Crippen molar-refractivity contribution in [2.24, 2.45) is 11.7 Å². The molecule has 1 atom stereocenters. The van der Waals surface area contributed by atoms with Crippen molar-refractivity contribution in [2.75, 3.05) is 24.5 Å². The van der Waals surface area contributed by atoms with Crippen LogP contribution >= 0.6 is 15.9 Å². The van der Waals surface area contributed by atoms with Gasteiger partial charge in [0.25, 0.3) is 0 Å². The minimum absolute atomic E-state index is 0.0120. The molecule has 0 bridgehead atoms. The Morgan fingerprint density at radius 3 is 3.00 bits per heavy atom. The molecule has 6 heteroatoms. The Morgan fingerprint density at radius 1 is 1.50 bits per heavy atom. The molecule has 1 saturated heterocycles. The topological polar surface area (TPSA) is 75.4 Å². The lowest BCUT2D eigenvalue weighted by Crippen LogP contribution is -2.34. The van der Waals surface area contributed by atoms with E-state index in [1.54, 1.807) is 4.90 Å². The second-order valence-corrected chi connectivity index (χ2v) is 5.73. The lowest BCUT2D eigenvalue weighted by atomic mass is 10.1. The maximum Gasteiger partial charge on any atom is 0.227 e. The van der Waals surface area contributed by atoms with Crippen LogP contribution in [0, 0.1) is 5.92 Å². The normalized spacial score (nSPS) is 18.4. The Morgan fingerprint density at radius 2 is 2.30 bits per heavy atom. The summed E-state index contributed by atoms with van der Waals surface area (Å²) in [4.78, 5) is 25.7. The Balaban J connectivity index is 1.98. The van der Waals surface area contributed by atoms with Crippen LogP contribution in [-0.2, 0) is 9.59 Å². The summed E-state index contributed by atoms with van der Waals surface area (Å²) in [7, 11) is 0. The summed E-state index contributed by atoms with van der Waals surface area (Å²) in [5.74, 6) is -0.356. The van der Waals surface area contributed by atoms with Crippen LogP contribution in [0.2, 0.25) is 0 Å². The fourth-order valence-corrected chi connectivity index (χ4v) is 2.62. The molecule has 0 aliphatic carbocycles. The second-order valence-electron chi connectivity index (χ2n) is 4.82. The number of amides is 2. The molecule has 1 aliphatic rings. The van der Waals surface area contributed by atoms with Gasteiger partial charge >= 0.3 is 0 Å². The van der Waals surface area contributed by atoms with Gasteiger partial charge in [0.05, 0.1) is 5.92 Å². The second kappa shape index (κ2) is 6.85. The van der Waals surface area contributed by atoms with Crippen LogP contribution < -0.4 is 16.0 Å². The number of carbonyl (C=O) groups excluding carboxylic acids is 2. The molecule has 1 fully saturated rings. The van der Waals surface area contributed by atoms with E-state index in [-0.39, 0.29) is 24.2 Å². The molecule has 2 rings (SSSR count). The van der Waals surface area contributed by atoms with Gasteiger partial charge in [-0.15, -0.1) is 0 Å². The van der Waals surface area contributed by atoms with Crippen LogP contribution in [0.3, 0.4) is 0 Å². The van der Waals surface area contributed by atoms with Gasteiger partial charge in [-0.3, -0.25) is 9.59 Å². The summed E-state index contributed by atoms with van der Waals surface area (Å²) >= 11 is 3.39. The molecule has 5 nitrogen and oxygen atoms in total. The van der Waals surface area contributed by atoms with Gasteiger partial charge in [0, 0.05) is 29.7 Å². The van der Waals surface area contributed by atoms with Crippen molar-refractivity contribution in [1.82, 2.24) is 5.32 Å². The van der Waals surface area contributed by atoms with E-state index in [1.165, 1.54) is 0 Å². The molecule has 1 aromatic carbocycles. The Kier molecular flexibility index (Phi) is 5.14. The molecule has 0 aromatic heterocycles. The van der Waals surface area contributed by atoms with Gasteiger partial charge in [0.1, 0.15) is 0 Å². The molecular weight excluding hydrogens is 322 g/mol. The summed E-state index contributed by atoms with van der Waals surface area (Å²) in [5.41, 5.74) is 6.21. The first kappa shape index (κ1) is 15.0. The van der Waals surface area contributed by atoms with Crippen LogP contribution in [0.1, 0.15) is 12.8 Å². The van der Waals surface area contributed by atoms with Gasteiger partial charge in [0.2, 0.25) is 11.8 Å². The van der Waals surface area contributed by atoms with E-state index < -0.39 is 0 Å². The van der Waals surface area contributed by atoms with Crippen molar-refractivity contribution in [1.29, 1.82) is 0 Å². The number of rotatable bonds is 5. The molecule has 3 N–H and O–H groups in total. The molecule has 1 aromatic rings. The highest BCUT2D eigenvalue weighted by Crippen LogP contribution is 2.27. The molecule has 20 heavy (non-hydrogen) atoms. The molecule has 0 radical (unpaired) electrons. The van der Waals surface area contributed by atoms with Gasteiger partial charge < -0.3 is 16.0 Å². The summed E-state index contributed by atoms with van der Waals surface area (Å²) in [6.45, 7) is 1.55. The SMILES string of the molecule is NCCCNC(=O)C1CC(=O)N(c2cccc(Br)c2)C1. The van der Waals surface area contributed by atoms with Gasteiger partial charge in [-0.1, -0.05) is 22.0 Å². The van der Waals surface area contributed by atoms with Crippen molar-refractivity contribution in [3.05, 3.63) is 28.7 Å². The van der Waals surface area contributed by atoms with Crippen LogP contribution in [0.25, 0.3) is 0 Å². The summed E-state index contributed by atoms with van der Waals surface area (Å²) < 4.78 is 0.915. The predicted molar refractivity (Wildman–Crippen MR) is 81.3 cm³/mol. The van der Waals surface area contributed by atoms with Crippen LogP contribution in [-0.4, -0.2) is 31.4 Å². The lowest BCUT2D eigenvalue weighted by molar-refractivity contribution is -0.126. The zero-order valence-electron chi connectivity index (χ0n) is 11.1. The third-order valence-electron chi connectivity index (χ3n) is 3.30. The number of carbonyl (C=O) groups is 2. The number of benzene rings is 1. The van der Waals surface area contributed by atoms with E-state index in [4.69, 9.17) is 5.73 Å². The van der Waals surface area contributed by atoms with E-state index >= 15 is 0 Å². The van der Waals surface area contributed by atoms with E-state index in [0.717, 1.165) is 16.6 Å². The van der Waals surface area contributed by atoms with Crippen molar-refractivity contribution in [3.63, 3.8) is 0 Å². The Labute approximate surface area is 126 Å². The zero-order chi connectivity index (χ0) is 14.5. The number of nitrogens with zero attached hydrogens (tertiary/aromatic N) is 1. The number of nitrogens with two attached hydrogens (primary N) is 1. The minimum Gasteiger partial charge on any atom is -0.356 e. The predicted octanol–water partition coefficient (Wildman–Crippen LogP) is 1.27. The molecule has 0 spiro atoms. The number of hydrogen-bond donors (Lipinski definition) is 2. The first-order valence-electron chi connectivity index (χ1n) is 6.65. The number of hydrogen-bond acceptors (Lipinski definition) is 3.